The molecular formula is C17H15NS2. The normalized spacial score (nSPS) is 10.8. The van der Waals surface area contributed by atoms with Crippen molar-refractivity contribution in [1.29, 1.82) is 0 Å². The van der Waals surface area contributed by atoms with Crippen molar-refractivity contribution in [3.05, 3.63) is 88.4 Å². The number of benzene rings is 2. The van der Waals surface area contributed by atoms with Crippen LogP contribution in [0.2, 0.25) is 0 Å². The maximum atomic E-state index is 4.15. The lowest BCUT2D eigenvalue weighted by Gasteiger charge is -2.17. The van der Waals surface area contributed by atoms with Crippen LogP contribution in [0.5, 0.6) is 0 Å². The van der Waals surface area contributed by atoms with Crippen molar-refractivity contribution < 1.29 is 0 Å². The number of rotatable bonds is 5. The topological polar surface area (TPSA) is 12.9 Å². The Kier molecular flexibility index (Phi) is 4.51. The molecule has 0 aliphatic rings. The lowest BCUT2D eigenvalue weighted by Crippen LogP contribution is -1.96. The van der Waals surface area contributed by atoms with E-state index in [9.17, 15) is 0 Å². The second kappa shape index (κ2) is 6.73. The van der Waals surface area contributed by atoms with Crippen molar-refractivity contribution in [3.8, 4) is 0 Å². The third-order valence-electron chi connectivity index (χ3n) is 3.08. The molecule has 0 N–H and O–H groups in total. The minimum atomic E-state index is 0.375. The van der Waals surface area contributed by atoms with Crippen molar-refractivity contribution in [2.45, 2.75) is 11.0 Å². The fourth-order valence-electron chi connectivity index (χ4n) is 2.12. The van der Waals surface area contributed by atoms with Gasteiger partial charge in [0.15, 0.2) is 0 Å². The molecule has 1 heterocycles. The molecule has 0 radical (unpaired) electrons. The fraction of sp³-hybridized carbons (Fsp3) is 0.118. The lowest BCUT2D eigenvalue weighted by molar-refractivity contribution is 1.15. The Hall–Kier alpha value is -1.58. The summed E-state index contributed by atoms with van der Waals surface area (Å²) < 4.78 is 0. The summed E-state index contributed by atoms with van der Waals surface area (Å²) in [6, 6.07) is 21.4. The molecule has 20 heavy (non-hydrogen) atoms. The highest BCUT2D eigenvalue weighted by molar-refractivity contribution is 7.99. The first-order chi connectivity index (χ1) is 9.93. The first-order valence-electron chi connectivity index (χ1n) is 6.52. The smallest absolute Gasteiger partial charge is 0.0794 e. The van der Waals surface area contributed by atoms with Crippen LogP contribution in [0.15, 0.2) is 72.4 Å². The van der Waals surface area contributed by atoms with Gasteiger partial charge in [0.1, 0.15) is 0 Å². The van der Waals surface area contributed by atoms with E-state index in [1.165, 1.54) is 16.0 Å². The van der Waals surface area contributed by atoms with Gasteiger partial charge in [-0.15, -0.1) is 23.1 Å². The van der Waals surface area contributed by atoms with Gasteiger partial charge in [-0.1, -0.05) is 60.7 Å². The van der Waals surface area contributed by atoms with Crippen molar-refractivity contribution in [3.63, 3.8) is 0 Å². The van der Waals surface area contributed by atoms with Gasteiger partial charge in [0.25, 0.3) is 0 Å². The van der Waals surface area contributed by atoms with Crippen molar-refractivity contribution in [2.24, 2.45) is 0 Å². The summed E-state index contributed by atoms with van der Waals surface area (Å²) in [6.07, 6.45) is 1.96. The van der Waals surface area contributed by atoms with Gasteiger partial charge in [-0.25, -0.2) is 0 Å². The summed E-state index contributed by atoms with van der Waals surface area (Å²) in [4.78, 5) is 5.48. The van der Waals surface area contributed by atoms with Crippen LogP contribution in [0.1, 0.15) is 21.3 Å². The zero-order valence-corrected chi connectivity index (χ0v) is 12.6. The van der Waals surface area contributed by atoms with Gasteiger partial charge in [0.05, 0.1) is 10.8 Å². The van der Waals surface area contributed by atoms with Gasteiger partial charge >= 0.3 is 0 Å². The lowest BCUT2D eigenvalue weighted by atomic mass is 10.0. The van der Waals surface area contributed by atoms with Crippen molar-refractivity contribution >= 4 is 23.1 Å². The van der Waals surface area contributed by atoms with Gasteiger partial charge in [-0.2, -0.15) is 0 Å². The number of nitrogens with zero attached hydrogens (tertiary/aromatic N) is 1. The van der Waals surface area contributed by atoms with Gasteiger partial charge in [-0.3, -0.25) is 4.98 Å². The van der Waals surface area contributed by atoms with E-state index in [0.29, 0.717) is 5.25 Å². The molecule has 1 nitrogen and oxygen atoms in total. The van der Waals surface area contributed by atoms with Gasteiger partial charge in [-0.05, 0) is 11.1 Å². The van der Waals surface area contributed by atoms with E-state index >= 15 is 0 Å². The maximum absolute atomic E-state index is 4.15. The Morgan fingerprint density at radius 1 is 0.900 bits per heavy atom. The summed E-state index contributed by atoms with van der Waals surface area (Å²) >= 11 is 3.68. The highest BCUT2D eigenvalue weighted by Crippen LogP contribution is 2.37. The zero-order valence-electron chi connectivity index (χ0n) is 11.0. The monoisotopic (exact) mass is 297 g/mol. The van der Waals surface area contributed by atoms with E-state index < -0.39 is 0 Å². The molecule has 3 aromatic rings. The molecule has 0 spiro atoms. The van der Waals surface area contributed by atoms with Gasteiger partial charge in [0, 0.05) is 16.8 Å². The number of thiazole rings is 1. The molecule has 3 rings (SSSR count). The molecule has 0 aliphatic heterocycles. The number of hydrogen-bond acceptors (Lipinski definition) is 3. The van der Waals surface area contributed by atoms with E-state index in [2.05, 4.69) is 65.6 Å². The SMILES string of the molecule is c1ccc(C(SCc2cncs2)c2ccccc2)cc1. The first kappa shape index (κ1) is 13.4. The van der Waals surface area contributed by atoms with E-state index in [0.717, 1.165) is 5.75 Å². The van der Waals surface area contributed by atoms with E-state index in [-0.39, 0.29) is 0 Å². The van der Waals surface area contributed by atoms with Crippen LogP contribution in [-0.2, 0) is 5.75 Å². The molecule has 0 aliphatic carbocycles. The molecule has 0 saturated carbocycles. The zero-order chi connectivity index (χ0) is 13.6. The molecule has 0 amide bonds. The van der Waals surface area contributed by atoms with Crippen LogP contribution >= 0.6 is 23.1 Å². The molecule has 0 fully saturated rings. The van der Waals surface area contributed by atoms with Crippen molar-refractivity contribution in [2.75, 3.05) is 0 Å². The third-order valence-corrected chi connectivity index (χ3v) is 5.40. The Labute approximate surface area is 127 Å². The standard InChI is InChI=1S/C17H15NS2/c1-3-7-14(8-4-1)17(15-9-5-2-6-10-15)19-12-16-11-18-13-20-16/h1-11,13,17H,12H2. The Bertz CT molecular complexity index is 581. The third kappa shape index (κ3) is 3.30. The number of thioether (sulfide) groups is 1. The van der Waals surface area contributed by atoms with E-state index in [1.807, 2.05) is 23.5 Å². The molecule has 0 bridgehead atoms. The molecular weight excluding hydrogens is 282 g/mol. The second-order valence-electron chi connectivity index (χ2n) is 4.48. The minimum absolute atomic E-state index is 0.375. The molecule has 0 unspecified atom stereocenters. The van der Waals surface area contributed by atoms with Crippen LogP contribution < -0.4 is 0 Å². The van der Waals surface area contributed by atoms with Crippen LogP contribution in [0.25, 0.3) is 0 Å². The Morgan fingerprint density at radius 3 is 2.00 bits per heavy atom. The molecule has 1 aromatic heterocycles. The Balaban J connectivity index is 1.84. The predicted octanol–water partition coefficient (Wildman–Crippen LogP) is 5.17. The molecule has 3 heteroatoms. The summed E-state index contributed by atoms with van der Waals surface area (Å²) in [5.74, 6) is 0.999. The Morgan fingerprint density at radius 2 is 1.50 bits per heavy atom. The summed E-state index contributed by atoms with van der Waals surface area (Å²) in [7, 11) is 0. The van der Waals surface area contributed by atoms with E-state index in [4.69, 9.17) is 0 Å². The summed E-state index contributed by atoms with van der Waals surface area (Å²) in [6.45, 7) is 0. The molecule has 100 valence electrons. The second-order valence-corrected chi connectivity index (χ2v) is 6.54. The maximum Gasteiger partial charge on any atom is 0.0794 e. The number of hydrogen-bond donors (Lipinski definition) is 0. The predicted molar refractivity (Wildman–Crippen MR) is 88.1 cm³/mol. The van der Waals surface area contributed by atoms with Crippen molar-refractivity contribution in [1.82, 2.24) is 4.98 Å². The number of aromatic nitrogens is 1. The van der Waals surface area contributed by atoms with Crippen LogP contribution in [0.4, 0.5) is 0 Å². The van der Waals surface area contributed by atoms with Gasteiger partial charge < -0.3 is 0 Å². The van der Waals surface area contributed by atoms with E-state index in [1.54, 1.807) is 11.3 Å². The molecule has 0 atom stereocenters. The van der Waals surface area contributed by atoms with Crippen LogP contribution in [0, 0.1) is 0 Å². The average Bonchev–Trinajstić information content (AvgIpc) is 3.03. The molecule has 0 saturated heterocycles. The van der Waals surface area contributed by atoms with Crippen LogP contribution in [-0.4, -0.2) is 4.98 Å². The first-order valence-corrected chi connectivity index (χ1v) is 8.45. The molecule has 2 aromatic carbocycles. The summed E-state index contributed by atoms with van der Waals surface area (Å²) in [5, 5.41) is 0.375. The summed E-state index contributed by atoms with van der Waals surface area (Å²) in [5.41, 5.74) is 4.61. The quantitative estimate of drug-likeness (QED) is 0.644. The highest BCUT2D eigenvalue weighted by atomic mass is 32.2. The largest absolute Gasteiger partial charge is 0.253 e. The van der Waals surface area contributed by atoms with Gasteiger partial charge in [0.2, 0.25) is 0 Å². The van der Waals surface area contributed by atoms with Crippen LogP contribution in [0.3, 0.4) is 0 Å². The minimum Gasteiger partial charge on any atom is -0.253 e. The average molecular weight is 297 g/mol. The highest BCUT2D eigenvalue weighted by Gasteiger charge is 2.14. The fourth-order valence-corrected chi connectivity index (χ4v) is 4.08.